The van der Waals surface area contributed by atoms with E-state index in [0.717, 1.165) is 12.6 Å². The van der Waals surface area contributed by atoms with E-state index in [9.17, 15) is 0 Å². The van der Waals surface area contributed by atoms with Crippen molar-refractivity contribution in [2.45, 2.75) is 52.6 Å². The van der Waals surface area contributed by atoms with Gasteiger partial charge in [0.25, 0.3) is 0 Å². The minimum Gasteiger partial charge on any atom is -0.313 e. The van der Waals surface area contributed by atoms with Crippen LogP contribution in [0.3, 0.4) is 0 Å². The standard InChI is InChI=1S/C15H33N3/c1-6-16-15(13(3)4)12-17(5)14-8-10-18(7-2)11-9-14/h13-16H,6-12H2,1-5H3. The summed E-state index contributed by atoms with van der Waals surface area (Å²) in [6.45, 7) is 15.1. The minimum absolute atomic E-state index is 0.629. The van der Waals surface area contributed by atoms with Crippen LogP contribution in [0.2, 0.25) is 0 Å². The summed E-state index contributed by atoms with van der Waals surface area (Å²) in [5, 5.41) is 3.62. The van der Waals surface area contributed by atoms with E-state index in [4.69, 9.17) is 0 Å². The van der Waals surface area contributed by atoms with Crippen molar-refractivity contribution in [3.63, 3.8) is 0 Å². The largest absolute Gasteiger partial charge is 0.313 e. The highest BCUT2D eigenvalue weighted by Gasteiger charge is 2.24. The van der Waals surface area contributed by atoms with E-state index in [1.54, 1.807) is 0 Å². The summed E-state index contributed by atoms with van der Waals surface area (Å²) in [7, 11) is 2.30. The van der Waals surface area contributed by atoms with Gasteiger partial charge in [0.15, 0.2) is 0 Å². The van der Waals surface area contributed by atoms with Gasteiger partial charge in [-0.3, -0.25) is 0 Å². The van der Waals surface area contributed by atoms with E-state index in [-0.39, 0.29) is 0 Å². The van der Waals surface area contributed by atoms with Crippen LogP contribution >= 0.6 is 0 Å². The first-order valence-electron chi connectivity index (χ1n) is 7.74. The Labute approximate surface area is 114 Å². The molecule has 0 amide bonds. The van der Waals surface area contributed by atoms with Gasteiger partial charge in [-0.2, -0.15) is 0 Å². The fourth-order valence-electron chi connectivity index (χ4n) is 2.91. The van der Waals surface area contributed by atoms with Crippen LogP contribution in [0.5, 0.6) is 0 Å². The molecule has 0 bridgehead atoms. The predicted molar refractivity (Wildman–Crippen MR) is 80.1 cm³/mol. The monoisotopic (exact) mass is 255 g/mol. The molecule has 0 spiro atoms. The Morgan fingerprint density at radius 1 is 1.22 bits per heavy atom. The average molecular weight is 255 g/mol. The molecule has 1 atom stereocenters. The second-order valence-corrected chi connectivity index (χ2v) is 6.01. The molecule has 3 nitrogen and oxygen atoms in total. The maximum atomic E-state index is 3.62. The Balaban J connectivity index is 2.37. The minimum atomic E-state index is 0.629. The Bertz CT molecular complexity index is 210. The molecule has 1 heterocycles. The fourth-order valence-corrected chi connectivity index (χ4v) is 2.91. The molecule has 0 aromatic carbocycles. The van der Waals surface area contributed by atoms with Crippen molar-refractivity contribution in [3.8, 4) is 0 Å². The summed E-state index contributed by atoms with van der Waals surface area (Å²) in [5.41, 5.74) is 0. The summed E-state index contributed by atoms with van der Waals surface area (Å²) >= 11 is 0. The highest BCUT2D eigenvalue weighted by Crippen LogP contribution is 2.16. The van der Waals surface area contributed by atoms with E-state index >= 15 is 0 Å². The van der Waals surface area contributed by atoms with Crippen LogP contribution in [0.1, 0.15) is 40.5 Å². The van der Waals surface area contributed by atoms with Crippen LogP contribution < -0.4 is 5.32 Å². The Morgan fingerprint density at radius 2 is 1.83 bits per heavy atom. The maximum absolute atomic E-state index is 3.62. The van der Waals surface area contributed by atoms with Gasteiger partial charge in [-0.15, -0.1) is 0 Å². The Hall–Kier alpha value is -0.120. The smallest absolute Gasteiger partial charge is 0.0217 e. The third-order valence-electron chi connectivity index (χ3n) is 4.38. The Kier molecular flexibility index (Phi) is 7.20. The van der Waals surface area contributed by atoms with Crippen LogP contribution in [-0.2, 0) is 0 Å². The van der Waals surface area contributed by atoms with Gasteiger partial charge in [-0.25, -0.2) is 0 Å². The molecule has 1 N–H and O–H groups in total. The SMILES string of the molecule is CCNC(CN(C)C1CCN(CC)CC1)C(C)C. The lowest BCUT2D eigenvalue weighted by atomic mass is 10.00. The highest BCUT2D eigenvalue weighted by atomic mass is 15.2. The molecule has 3 heteroatoms. The van der Waals surface area contributed by atoms with Gasteiger partial charge in [0.1, 0.15) is 0 Å². The molecule has 0 saturated carbocycles. The number of piperidine rings is 1. The zero-order valence-corrected chi connectivity index (χ0v) is 13.1. The van der Waals surface area contributed by atoms with Gasteiger partial charge in [-0.1, -0.05) is 27.7 Å². The number of nitrogens with zero attached hydrogens (tertiary/aromatic N) is 2. The number of rotatable bonds is 7. The van der Waals surface area contributed by atoms with E-state index in [2.05, 4.69) is 49.9 Å². The Morgan fingerprint density at radius 3 is 2.28 bits per heavy atom. The molecule has 1 aliphatic rings. The second-order valence-electron chi connectivity index (χ2n) is 6.01. The van der Waals surface area contributed by atoms with Gasteiger partial charge in [-0.05, 0) is 52.0 Å². The third kappa shape index (κ3) is 4.87. The summed E-state index contributed by atoms with van der Waals surface area (Å²) in [6.07, 6.45) is 2.67. The molecule has 1 saturated heterocycles. The molecular formula is C15H33N3. The van der Waals surface area contributed by atoms with Crippen LogP contribution in [0, 0.1) is 5.92 Å². The summed E-state index contributed by atoms with van der Waals surface area (Å²) in [5.74, 6) is 0.711. The first-order valence-corrected chi connectivity index (χ1v) is 7.74. The van der Waals surface area contributed by atoms with Crippen molar-refractivity contribution < 1.29 is 0 Å². The predicted octanol–water partition coefficient (Wildman–Crippen LogP) is 2.04. The van der Waals surface area contributed by atoms with Gasteiger partial charge in [0, 0.05) is 18.6 Å². The van der Waals surface area contributed by atoms with Crippen molar-refractivity contribution in [2.75, 3.05) is 39.8 Å². The molecule has 0 radical (unpaired) electrons. The lowest BCUT2D eigenvalue weighted by Crippen LogP contribution is -2.49. The number of likely N-dealkylation sites (N-methyl/N-ethyl adjacent to an activating group) is 2. The number of likely N-dealkylation sites (tertiary alicyclic amines) is 1. The molecule has 108 valence electrons. The quantitative estimate of drug-likeness (QED) is 0.751. The molecule has 1 fully saturated rings. The van der Waals surface area contributed by atoms with E-state index in [1.165, 1.54) is 39.0 Å². The van der Waals surface area contributed by atoms with Gasteiger partial charge in [0.05, 0.1) is 0 Å². The molecular weight excluding hydrogens is 222 g/mol. The topological polar surface area (TPSA) is 18.5 Å². The zero-order chi connectivity index (χ0) is 13.5. The molecule has 0 aliphatic carbocycles. The van der Waals surface area contributed by atoms with Crippen LogP contribution in [-0.4, -0.2) is 61.7 Å². The number of nitrogens with one attached hydrogen (secondary N) is 1. The third-order valence-corrected chi connectivity index (χ3v) is 4.38. The average Bonchev–Trinajstić information content (AvgIpc) is 2.38. The first-order chi connectivity index (χ1) is 8.58. The van der Waals surface area contributed by atoms with Crippen molar-refractivity contribution in [2.24, 2.45) is 5.92 Å². The molecule has 0 aromatic rings. The van der Waals surface area contributed by atoms with Crippen molar-refractivity contribution in [1.82, 2.24) is 15.1 Å². The lowest BCUT2D eigenvalue weighted by molar-refractivity contribution is 0.117. The fraction of sp³-hybridized carbons (Fsp3) is 1.00. The molecule has 18 heavy (non-hydrogen) atoms. The molecule has 0 aromatic heterocycles. The number of hydrogen-bond donors (Lipinski definition) is 1. The van der Waals surface area contributed by atoms with E-state index in [1.807, 2.05) is 0 Å². The maximum Gasteiger partial charge on any atom is 0.0217 e. The van der Waals surface area contributed by atoms with Gasteiger partial charge < -0.3 is 15.1 Å². The van der Waals surface area contributed by atoms with Crippen LogP contribution in [0.15, 0.2) is 0 Å². The summed E-state index contributed by atoms with van der Waals surface area (Å²) in [4.78, 5) is 5.15. The van der Waals surface area contributed by atoms with E-state index in [0.29, 0.717) is 12.0 Å². The van der Waals surface area contributed by atoms with Gasteiger partial charge >= 0.3 is 0 Å². The van der Waals surface area contributed by atoms with Gasteiger partial charge in [0.2, 0.25) is 0 Å². The van der Waals surface area contributed by atoms with Crippen LogP contribution in [0.25, 0.3) is 0 Å². The second kappa shape index (κ2) is 8.13. The molecule has 1 aliphatic heterocycles. The summed E-state index contributed by atoms with van der Waals surface area (Å²) in [6, 6.07) is 1.41. The van der Waals surface area contributed by atoms with E-state index < -0.39 is 0 Å². The van der Waals surface area contributed by atoms with Crippen molar-refractivity contribution >= 4 is 0 Å². The van der Waals surface area contributed by atoms with Crippen LogP contribution in [0.4, 0.5) is 0 Å². The van der Waals surface area contributed by atoms with Crippen molar-refractivity contribution in [1.29, 1.82) is 0 Å². The first kappa shape index (κ1) is 15.9. The lowest BCUT2D eigenvalue weighted by Gasteiger charge is -2.38. The number of hydrogen-bond acceptors (Lipinski definition) is 3. The van der Waals surface area contributed by atoms with Crippen molar-refractivity contribution in [3.05, 3.63) is 0 Å². The summed E-state index contributed by atoms with van der Waals surface area (Å²) < 4.78 is 0. The normalized spacial score (nSPS) is 20.8. The zero-order valence-electron chi connectivity index (χ0n) is 13.1. The molecule has 1 rings (SSSR count). The molecule has 1 unspecified atom stereocenters. The highest BCUT2D eigenvalue weighted by molar-refractivity contribution is 4.81.